The summed E-state index contributed by atoms with van der Waals surface area (Å²) in [7, 11) is 0. The Morgan fingerprint density at radius 3 is 2.11 bits per heavy atom. The molecule has 0 heterocycles. The zero-order valence-electron chi connectivity index (χ0n) is 9.85. The Morgan fingerprint density at radius 1 is 0.895 bits per heavy atom. The van der Waals surface area contributed by atoms with Crippen molar-refractivity contribution in [3.05, 3.63) is 57.6 Å². The van der Waals surface area contributed by atoms with Gasteiger partial charge in [-0.1, -0.05) is 47.0 Å². The van der Waals surface area contributed by atoms with Crippen molar-refractivity contribution in [3.8, 4) is 11.1 Å². The lowest BCUT2D eigenvalue weighted by Crippen LogP contribution is -2.07. The number of alkyl halides is 3. The van der Waals surface area contributed by atoms with Crippen molar-refractivity contribution >= 4 is 23.2 Å². The lowest BCUT2D eigenvalue weighted by Gasteiger charge is -2.15. The summed E-state index contributed by atoms with van der Waals surface area (Å²) in [5.41, 5.74) is 0.219. The summed E-state index contributed by atoms with van der Waals surface area (Å²) >= 11 is 11.7. The summed E-state index contributed by atoms with van der Waals surface area (Å²) in [6, 6.07) is 8.59. The quantitative estimate of drug-likeness (QED) is 0.607. The van der Waals surface area contributed by atoms with Gasteiger partial charge < -0.3 is 0 Å². The summed E-state index contributed by atoms with van der Waals surface area (Å²) in [5.74, 6) is 0. The Labute approximate surface area is 118 Å². The second-order valence-corrected chi connectivity index (χ2v) is 5.01. The molecule has 0 fully saturated rings. The molecule has 100 valence electrons. The van der Waals surface area contributed by atoms with E-state index < -0.39 is 11.7 Å². The van der Waals surface area contributed by atoms with E-state index in [1.807, 2.05) is 0 Å². The van der Waals surface area contributed by atoms with Crippen LogP contribution < -0.4 is 0 Å². The summed E-state index contributed by atoms with van der Waals surface area (Å²) in [6.07, 6.45) is -4.43. The van der Waals surface area contributed by atoms with Gasteiger partial charge in [-0.2, -0.15) is 13.2 Å². The largest absolute Gasteiger partial charge is 0.417 e. The van der Waals surface area contributed by atoms with Gasteiger partial charge in [0, 0.05) is 15.6 Å². The average molecular weight is 305 g/mol. The van der Waals surface area contributed by atoms with E-state index in [1.54, 1.807) is 13.0 Å². The number of rotatable bonds is 1. The molecule has 0 aliphatic carbocycles. The van der Waals surface area contributed by atoms with Crippen LogP contribution in [0.1, 0.15) is 11.1 Å². The van der Waals surface area contributed by atoms with Crippen molar-refractivity contribution in [2.75, 3.05) is 0 Å². The third-order valence-corrected chi connectivity index (χ3v) is 3.25. The monoisotopic (exact) mass is 304 g/mol. The first-order valence-electron chi connectivity index (χ1n) is 5.42. The van der Waals surface area contributed by atoms with Crippen LogP contribution >= 0.6 is 23.2 Å². The molecule has 0 saturated carbocycles. The van der Waals surface area contributed by atoms with Gasteiger partial charge in [-0.3, -0.25) is 0 Å². The lowest BCUT2D eigenvalue weighted by molar-refractivity contribution is -0.137. The van der Waals surface area contributed by atoms with Crippen LogP contribution in [0.25, 0.3) is 11.1 Å². The number of halogens is 5. The Bertz CT molecular complexity index is 619. The fourth-order valence-corrected chi connectivity index (χ4v) is 2.35. The van der Waals surface area contributed by atoms with Crippen LogP contribution in [0.2, 0.25) is 10.0 Å². The Kier molecular flexibility index (Phi) is 3.79. The predicted octanol–water partition coefficient (Wildman–Crippen LogP) is 5.99. The topological polar surface area (TPSA) is 0 Å². The van der Waals surface area contributed by atoms with E-state index >= 15 is 0 Å². The van der Waals surface area contributed by atoms with Gasteiger partial charge >= 0.3 is 6.18 Å². The minimum atomic E-state index is -4.43. The van der Waals surface area contributed by atoms with Crippen LogP contribution in [0.3, 0.4) is 0 Å². The molecule has 19 heavy (non-hydrogen) atoms. The highest BCUT2D eigenvalue weighted by atomic mass is 35.5. The second-order valence-electron chi connectivity index (χ2n) is 4.17. The van der Waals surface area contributed by atoms with Crippen molar-refractivity contribution < 1.29 is 13.2 Å². The van der Waals surface area contributed by atoms with Gasteiger partial charge in [0.15, 0.2) is 0 Å². The molecule has 0 N–H and O–H groups in total. The van der Waals surface area contributed by atoms with Gasteiger partial charge in [0.25, 0.3) is 0 Å². The highest BCUT2D eigenvalue weighted by Gasteiger charge is 2.34. The summed E-state index contributed by atoms with van der Waals surface area (Å²) < 4.78 is 39.2. The number of benzene rings is 2. The molecule has 5 heteroatoms. The Morgan fingerprint density at radius 2 is 1.53 bits per heavy atom. The maximum absolute atomic E-state index is 13.1. The highest BCUT2D eigenvalue weighted by Crippen LogP contribution is 2.40. The molecule has 0 saturated heterocycles. The fourth-order valence-electron chi connectivity index (χ4n) is 1.84. The van der Waals surface area contributed by atoms with Crippen molar-refractivity contribution in [1.82, 2.24) is 0 Å². The normalized spacial score (nSPS) is 11.7. The molecule has 2 rings (SSSR count). The molecule has 0 aliphatic heterocycles. The minimum Gasteiger partial charge on any atom is -0.166 e. The zero-order valence-corrected chi connectivity index (χ0v) is 11.4. The molecule has 0 nitrogen and oxygen atoms in total. The standard InChI is InChI=1S/C14H9Cl2F3/c1-8-2-4-10(12(6-8)14(17,18)19)11-5-3-9(15)7-13(11)16/h2-7H,1H3. The number of hydrogen-bond donors (Lipinski definition) is 0. The Balaban J connectivity index is 2.68. The van der Waals surface area contributed by atoms with Crippen molar-refractivity contribution in [1.29, 1.82) is 0 Å². The molecule has 0 bridgehead atoms. The van der Waals surface area contributed by atoms with E-state index in [0.717, 1.165) is 6.07 Å². The van der Waals surface area contributed by atoms with E-state index in [0.29, 0.717) is 16.1 Å². The van der Waals surface area contributed by atoms with Crippen LogP contribution in [0.4, 0.5) is 13.2 Å². The van der Waals surface area contributed by atoms with Crippen LogP contribution in [0.5, 0.6) is 0 Å². The molecule has 0 amide bonds. The lowest BCUT2D eigenvalue weighted by atomic mass is 9.97. The molecular formula is C14H9Cl2F3. The van der Waals surface area contributed by atoms with E-state index in [9.17, 15) is 13.2 Å². The van der Waals surface area contributed by atoms with E-state index in [2.05, 4.69) is 0 Å². The summed E-state index contributed by atoms with van der Waals surface area (Å²) in [5, 5.41) is 0.580. The van der Waals surface area contributed by atoms with Gasteiger partial charge in [-0.15, -0.1) is 0 Å². The summed E-state index contributed by atoms with van der Waals surface area (Å²) in [6.45, 7) is 1.61. The second kappa shape index (κ2) is 5.06. The highest BCUT2D eigenvalue weighted by molar-refractivity contribution is 6.36. The molecule has 0 spiro atoms. The SMILES string of the molecule is Cc1ccc(-c2ccc(Cl)cc2Cl)c(C(F)(F)F)c1. The van der Waals surface area contributed by atoms with Crippen LogP contribution in [0.15, 0.2) is 36.4 Å². The molecule has 0 radical (unpaired) electrons. The molecule has 2 aromatic rings. The average Bonchev–Trinajstić information content (AvgIpc) is 2.28. The van der Waals surface area contributed by atoms with Gasteiger partial charge in [-0.25, -0.2) is 0 Å². The molecule has 0 unspecified atom stereocenters. The molecule has 0 aromatic heterocycles. The predicted molar refractivity (Wildman–Crippen MR) is 71.6 cm³/mol. The molecular weight excluding hydrogens is 296 g/mol. The van der Waals surface area contributed by atoms with Gasteiger partial charge in [0.05, 0.1) is 5.56 Å². The van der Waals surface area contributed by atoms with Gasteiger partial charge in [-0.05, 0) is 30.7 Å². The third-order valence-electron chi connectivity index (χ3n) is 2.70. The molecule has 2 aromatic carbocycles. The molecule has 0 atom stereocenters. The number of hydrogen-bond acceptors (Lipinski definition) is 0. The van der Waals surface area contributed by atoms with E-state index in [-0.39, 0.29) is 10.6 Å². The number of aryl methyl sites for hydroxylation is 1. The first kappa shape index (κ1) is 14.2. The minimum absolute atomic E-state index is 0.0553. The van der Waals surface area contributed by atoms with E-state index in [4.69, 9.17) is 23.2 Å². The van der Waals surface area contributed by atoms with Crippen LogP contribution in [0, 0.1) is 6.92 Å². The molecule has 0 aliphatic rings. The zero-order chi connectivity index (χ0) is 14.2. The smallest absolute Gasteiger partial charge is 0.166 e. The summed E-state index contributed by atoms with van der Waals surface area (Å²) in [4.78, 5) is 0. The van der Waals surface area contributed by atoms with E-state index in [1.165, 1.54) is 24.3 Å². The van der Waals surface area contributed by atoms with Crippen LogP contribution in [-0.2, 0) is 6.18 Å². The maximum atomic E-state index is 13.1. The van der Waals surface area contributed by atoms with Gasteiger partial charge in [0.2, 0.25) is 0 Å². The van der Waals surface area contributed by atoms with Crippen molar-refractivity contribution in [2.45, 2.75) is 13.1 Å². The van der Waals surface area contributed by atoms with Crippen molar-refractivity contribution in [3.63, 3.8) is 0 Å². The third kappa shape index (κ3) is 3.04. The van der Waals surface area contributed by atoms with Crippen molar-refractivity contribution in [2.24, 2.45) is 0 Å². The Hall–Kier alpha value is -1.19. The first-order chi connectivity index (χ1) is 8.79. The van der Waals surface area contributed by atoms with Gasteiger partial charge in [0.1, 0.15) is 0 Å². The fraction of sp³-hybridized carbons (Fsp3) is 0.143. The van der Waals surface area contributed by atoms with Crippen LogP contribution in [-0.4, -0.2) is 0 Å². The first-order valence-corrected chi connectivity index (χ1v) is 6.18. The maximum Gasteiger partial charge on any atom is 0.417 e.